The first-order chi connectivity index (χ1) is 8.65. The first kappa shape index (κ1) is 11.9. The Hall–Kier alpha value is -1.12. The lowest BCUT2D eigenvalue weighted by atomic mass is 10.1. The van der Waals surface area contributed by atoms with E-state index in [2.05, 4.69) is 4.98 Å². The molecule has 0 fully saturated rings. The van der Waals surface area contributed by atoms with Gasteiger partial charge in [0.25, 0.3) is 0 Å². The Bertz CT molecular complexity index is 625. The Morgan fingerprint density at radius 1 is 1.06 bits per heavy atom. The minimum absolute atomic E-state index is 0.103. The van der Waals surface area contributed by atoms with E-state index in [1.165, 1.54) is 6.07 Å². The number of pyridine rings is 1. The van der Waals surface area contributed by atoms with E-state index >= 15 is 0 Å². The molecule has 0 saturated carbocycles. The summed E-state index contributed by atoms with van der Waals surface area (Å²) in [6.45, 7) is 0. The summed E-state index contributed by atoms with van der Waals surface area (Å²) in [5, 5.41) is 0.846. The average molecular weight is 282 g/mol. The van der Waals surface area contributed by atoms with Gasteiger partial charge in [-0.15, -0.1) is 0 Å². The molecular weight excluding hydrogens is 272 g/mol. The molecule has 18 heavy (non-hydrogen) atoms. The first-order valence-electron chi connectivity index (χ1n) is 5.79. The molecule has 1 aromatic heterocycles. The van der Waals surface area contributed by atoms with Crippen molar-refractivity contribution in [2.24, 2.45) is 0 Å². The number of fused-ring (bicyclic) bond motifs is 1. The molecule has 1 aliphatic carbocycles. The second-order valence-corrected chi connectivity index (χ2v) is 5.21. The van der Waals surface area contributed by atoms with Crippen molar-refractivity contribution in [3.8, 4) is 11.3 Å². The highest BCUT2D eigenvalue weighted by atomic mass is 35.5. The van der Waals surface area contributed by atoms with Crippen LogP contribution < -0.4 is 0 Å². The van der Waals surface area contributed by atoms with E-state index in [4.69, 9.17) is 23.2 Å². The third-order valence-corrected chi connectivity index (χ3v) is 3.84. The van der Waals surface area contributed by atoms with Gasteiger partial charge in [-0.1, -0.05) is 23.2 Å². The molecule has 1 aliphatic rings. The highest BCUT2D eigenvalue weighted by Gasteiger charge is 2.17. The highest BCUT2D eigenvalue weighted by Crippen LogP contribution is 2.32. The minimum Gasteiger partial charge on any atom is -0.252 e. The Balaban J connectivity index is 2.12. The smallest absolute Gasteiger partial charge is 0.141 e. The number of rotatable bonds is 1. The molecule has 0 spiro atoms. The zero-order valence-electron chi connectivity index (χ0n) is 9.51. The molecule has 1 heterocycles. The van der Waals surface area contributed by atoms with Crippen LogP contribution in [-0.4, -0.2) is 4.98 Å². The van der Waals surface area contributed by atoms with Crippen molar-refractivity contribution in [3.05, 3.63) is 51.4 Å². The number of aryl methyl sites for hydroxylation is 1. The highest BCUT2D eigenvalue weighted by molar-refractivity contribution is 6.32. The maximum atomic E-state index is 13.1. The van der Waals surface area contributed by atoms with Crippen molar-refractivity contribution in [2.45, 2.75) is 19.3 Å². The molecule has 0 N–H and O–H groups in total. The molecule has 1 nitrogen and oxygen atoms in total. The molecule has 4 heteroatoms. The van der Waals surface area contributed by atoms with E-state index in [9.17, 15) is 4.39 Å². The summed E-state index contributed by atoms with van der Waals surface area (Å²) in [6, 6.07) is 6.42. The molecule has 2 aromatic rings. The molecular formula is C14H10Cl2FN. The molecule has 1 aromatic carbocycles. The van der Waals surface area contributed by atoms with E-state index in [1.807, 2.05) is 6.07 Å². The molecule has 0 aliphatic heterocycles. The van der Waals surface area contributed by atoms with E-state index in [0.29, 0.717) is 0 Å². The van der Waals surface area contributed by atoms with Crippen LogP contribution in [0, 0.1) is 5.82 Å². The van der Waals surface area contributed by atoms with Gasteiger partial charge in [0.15, 0.2) is 0 Å². The standard InChI is InChI=1S/C14H10Cl2FN/c15-10-7-14(18-13-3-1-2-9(10)13)8-4-5-12(17)11(16)6-8/h4-7H,1-3H2. The lowest BCUT2D eigenvalue weighted by Crippen LogP contribution is -1.93. The average Bonchev–Trinajstić information content (AvgIpc) is 2.81. The third-order valence-electron chi connectivity index (χ3n) is 3.21. The maximum absolute atomic E-state index is 13.1. The van der Waals surface area contributed by atoms with E-state index < -0.39 is 5.82 Å². The van der Waals surface area contributed by atoms with E-state index in [0.717, 1.165) is 46.8 Å². The van der Waals surface area contributed by atoms with Crippen LogP contribution in [-0.2, 0) is 12.8 Å². The predicted molar refractivity (Wildman–Crippen MR) is 71.7 cm³/mol. The zero-order valence-corrected chi connectivity index (χ0v) is 11.0. The van der Waals surface area contributed by atoms with Crippen LogP contribution >= 0.6 is 23.2 Å². The van der Waals surface area contributed by atoms with Crippen molar-refractivity contribution in [1.82, 2.24) is 4.98 Å². The molecule has 3 rings (SSSR count). The lowest BCUT2D eigenvalue weighted by Gasteiger charge is -2.07. The van der Waals surface area contributed by atoms with Crippen molar-refractivity contribution in [1.29, 1.82) is 0 Å². The van der Waals surface area contributed by atoms with Crippen LogP contribution in [0.3, 0.4) is 0 Å². The fourth-order valence-electron chi connectivity index (χ4n) is 2.30. The van der Waals surface area contributed by atoms with E-state index in [1.54, 1.807) is 12.1 Å². The molecule has 0 saturated heterocycles. The lowest BCUT2D eigenvalue weighted by molar-refractivity contribution is 0.628. The van der Waals surface area contributed by atoms with Gasteiger partial charge < -0.3 is 0 Å². The predicted octanol–water partition coefficient (Wildman–Crippen LogP) is 4.68. The number of nitrogens with zero attached hydrogens (tertiary/aromatic N) is 1. The van der Waals surface area contributed by atoms with Gasteiger partial charge in [0.1, 0.15) is 5.82 Å². The van der Waals surface area contributed by atoms with Gasteiger partial charge in [-0.3, -0.25) is 4.98 Å². The maximum Gasteiger partial charge on any atom is 0.141 e. The topological polar surface area (TPSA) is 12.9 Å². The van der Waals surface area contributed by atoms with Crippen LogP contribution in [0.15, 0.2) is 24.3 Å². The number of hydrogen-bond acceptors (Lipinski definition) is 1. The summed E-state index contributed by atoms with van der Waals surface area (Å²) in [5.74, 6) is -0.423. The third kappa shape index (κ3) is 2.00. The Morgan fingerprint density at radius 3 is 2.67 bits per heavy atom. The molecule has 0 bridgehead atoms. The largest absolute Gasteiger partial charge is 0.252 e. The normalized spacial score (nSPS) is 13.7. The molecule has 0 radical (unpaired) electrons. The number of benzene rings is 1. The van der Waals surface area contributed by atoms with Crippen LogP contribution in [0.5, 0.6) is 0 Å². The number of aromatic nitrogens is 1. The fraction of sp³-hybridized carbons (Fsp3) is 0.214. The zero-order chi connectivity index (χ0) is 12.7. The summed E-state index contributed by atoms with van der Waals surface area (Å²) in [5.41, 5.74) is 3.74. The second-order valence-electron chi connectivity index (χ2n) is 4.40. The summed E-state index contributed by atoms with van der Waals surface area (Å²) < 4.78 is 13.1. The van der Waals surface area contributed by atoms with Crippen LogP contribution in [0.1, 0.15) is 17.7 Å². The van der Waals surface area contributed by atoms with Gasteiger partial charge in [-0.25, -0.2) is 4.39 Å². The summed E-state index contributed by atoms with van der Waals surface area (Å²) >= 11 is 12.0. The minimum atomic E-state index is -0.423. The van der Waals surface area contributed by atoms with Gasteiger partial charge >= 0.3 is 0 Å². The SMILES string of the molecule is Fc1ccc(-c2cc(Cl)c3c(n2)CCC3)cc1Cl. The monoisotopic (exact) mass is 281 g/mol. The van der Waals surface area contributed by atoms with Gasteiger partial charge in [-0.05, 0) is 49.1 Å². The van der Waals surface area contributed by atoms with Crippen LogP contribution in [0.25, 0.3) is 11.3 Å². The summed E-state index contributed by atoms with van der Waals surface area (Å²) in [4.78, 5) is 4.59. The number of halogens is 3. The van der Waals surface area contributed by atoms with E-state index in [-0.39, 0.29) is 5.02 Å². The molecule has 0 atom stereocenters. The Morgan fingerprint density at radius 2 is 1.89 bits per heavy atom. The van der Waals surface area contributed by atoms with Crippen molar-refractivity contribution in [2.75, 3.05) is 0 Å². The van der Waals surface area contributed by atoms with Crippen LogP contribution in [0.2, 0.25) is 10.0 Å². The van der Waals surface area contributed by atoms with Gasteiger partial charge in [0.05, 0.1) is 10.7 Å². The van der Waals surface area contributed by atoms with Crippen molar-refractivity contribution < 1.29 is 4.39 Å². The first-order valence-corrected chi connectivity index (χ1v) is 6.54. The van der Waals surface area contributed by atoms with Gasteiger partial charge in [0, 0.05) is 16.3 Å². The quantitative estimate of drug-likeness (QED) is 0.739. The summed E-state index contributed by atoms with van der Waals surface area (Å²) in [6.07, 6.45) is 3.04. The van der Waals surface area contributed by atoms with Crippen molar-refractivity contribution >= 4 is 23.2 Å². The van der Waals surface area contributed by atoms with Gasteiger partial charge in [-0.2, -0.15) is 0 Å². The van der Waals surface area contributed by atoms with Crippen LogP contribution in [0.4, 0.5) is 4.39 Å². The summed E-state index contributed by atoms with van der Waals surface area (Å²) in [7, 11) is 0. The Labute approximate surface area is 115 Å². The van der Waals surface area contributed by atoms with Gasteiger partial charge in [0.2, 0.25) is 0 Å². The molecule has 0 unspecified atom stereocenters. The van der Waals surface area contributed by atoms with Crippen molar-refractivity contribution in [3.63, 3.8) is 0 Å². The molecule has 0 amide bonds. The Kier molecular flexibility index (Phi) is 3.00. The number of hydrogen-bond donors (Lipinski definition) is 0. The fourth-order valence-corrected chi connectivity index (χ4v) is 2.78. The molecule has 92 valence electrons. The second kappa shape index (κ2) is 4.52.